The standard InChI is InChI=1S/C12H24N2O/c1-14-8-6-10(7-9-14)13-11-4-3-5-12(11)15-2/h10-13H,3-9H2,1-2H3. The summed E-state index contributed by atoms with van der Waals surface area (Å²) in [5, 5.41) is 3.79. The number of nitrogens with one attached hydrogen (secondary N) is 1. The quantitative estimate of drug-likeness (QED) is 0.762. The summed E-state index contributed by atoms with van der Waals surface area (Å²) >= 11 is 0. The number of ether oxygens (including phenoxy) is 1. The average molecular weight is 212 g/mol. The van der Waals surface area contributed by atoms with E-state index in [1.165, 1.54) is 45.2 Å². The van der Waals surface area contributed by atoms with E-state index < -0.39 is 0 Å². The molecule has 1 saturated carbocycles. The zero-order chi connectivity index (χ0) is 10.7. The Balaban J connectivity index is 1.76. The molecule has 0 spiro atoms. The third-order valence-electron chi connectivity index (χ3n) is 3.92. The van der Waals surface area contributed by atoms with Gasteiger partial charge in [-0.3, -0.25) is 0 Å². The molecule has 0 amide bonds. The molecular weight excluding hydrogens is 188 g/mol. The molecule has 2 atom stereocenters. The predicted molar refractivity (Wildman–Crippen MR) is 62.1 cm³/mol. The largest absolute Gasteiger partial charge is 0.380 e. The minimum Gasteiger partial charge on any atom is -0.380 e. The molecule has 1 heterocycles. The maximum atomic E-state index is 5.51. The van der Waals surface area contributed by atoms with Crippen LogP contribution >= 0.6 is 0 Å². The first-order chi connectivity index (χ1) is 7.29. The maximum absolute atomic E-state index is 5.51. The lowest BCUT2D eigenvalue weighted by atomic mass is 10.0. The first-order valence-corrected chi connectivity index (χ1v) is 6.27. The second kappa shape index (κ2) is 5.28. The summed E-state index contributed by atoms with van der Waals surface area (Å²) in [5.41, 5.74) is 0. The number of methoxy groups -OCH3 is 1. The molecule has 15 heavy (non-hydrogen) atoms. The van der Waals surface area contributed by atoms with Gasteiger partial charge >= 0.3 is 0 Å². The van der Waals surface area contributed by atoms with Crippen molar-refractivity contribution in [2.45, 2.75) is 50.3 Å². The maximum Gasteiger partial charge on any atom is 0.0724 e. The minimum atomic E-state index is 0.463. The van der Waals surface area contributed by atoms with E-state index in [1.807, 2.05) is 7.11 Å². The lowest BCUT2D eigenvalue weighted by molar-refractivity contribution is 0.0768. The van der Waals surface area contributed by atoms with Crippen LogP contribution in [0.1, 0.15) is 32.1 Å². The summed E-state index contributed by atoms with van der Waals surface area (Å²) in [6.07, 6.45) is 6.91. The van der Waals surface area contributed by atoms with E-state index in [4.69, 9.17) is 4.74 Å². The molecule has 2 fully saturated rings. The molecule has 0 radical (unpaired) electrons. The highest BCUT2D eigenvalue weighted by Gasteiger charge is 2.29. The molecule has 0 bridgehead atoms. The van der Waals surface area contributed by atoms with Crippen molar-refractivity contribution in [1.82, 2.24) is 10.2 Å². The van der Waals surface area contributed by atoms with Gasteiger partial charge in [-0.05, 0) is 52.2 Å². The van der Waals surface area contributed by atoms with Gasteiger partial charge in [0, 0.05) is 19.2 Å². The Kier molecular flexibility index (Phi) is 4.00. The van der Waals surface area contributed by atoms with E-state index in [-0.39, 0.29) is 0 Å². The Bertz CT molecular complexity index is 190. The Labute approximate surface area is 93.2 Å². The van der Waals surface area contributed by atoms with Crippen LogP contribution in [0.3, 0.4) is 0 Å². The van der Waals surface area contributed by atoms with Crippen LogP contribution in [-0.2, 0) is 4.74 Å². The normalized spacial score (nSPS) is 34.8. The summed E-state index contributed by atoms with van der Waals surface area (Å²) in [7, 11) is 4.06. The van der Waals surface area contributed by atoms with Gasteiger partial charge in [0.25, 0.3) is 0 Å². The zero-order valence-electron chi connectivity index (χ0n) is 10.0. The molecule has 1 aliphatic heterocycles. The molecule has 3 nitrogen and oxygen atoms in total. The van der Waals surface area contributed by atoms with E-state index in [1.54, 1.807) is 0 Å². The van der Waals surface area contributed by atoms with Crippen molar-refractivity contribution < 1.29 is 4.74 Å². The lowest BCUT2D eigenvalue weighted by Crippen LogP contribution is -2.47. The Morgan fingerprint density at radius 2 is 1.87 bits per heavy atom. The van der Waals surface area contributed by atoms with Crippen LogP contribution in [0.15, 0.2) is 0 Å². The summed E-state index contributed by atoms with van der Waals surface area (Å²) < 4.78 is 5.51. The van der Waals surface area contributed by atoms with E-state index in [0.717, 1.165) is 6.04 Å². The van der Waals surface area contributed by atoms with Gasteiger partial charge in [0.15, 0.2) is 0 Å². The molecule has 2 unspecified atom stereocenters. The monoisotopic (exact) mass is 212 g/mol. The van der Waals surface area contributed by atoms with Crippen LogP contribution in [0, 0.1) is 0 Å². The fourth-order valence-electron chi connectivity index (χ4n) is 2.88. The number of hydrogen-bond donors (Lipinski definition) is 1. The fourth-order valence-corrected chi connectivity index (χ4v) is 2.88. The van der Waals surface area contributed by atoms with Gasteiger partial charge in [0.1, 0.15) is 0 Å². The summed E-state index contributed by atoms with van der Waals surface area (Å²) in [6, 6.07) is 1.34. The van der Waals surface area contributed by atoms with E-state index >= 15 is 0 Å². The second-order valence-electron chi connectivity index (χ2n) is 5.06. The van der Waals surface area contributed by atoms with Gasteiger partial charge in [-0.25, -0.2) is 0 Å². The highest BCUT2D eigenvalue weighted by molar-refractivity contribution is 4.88. The van der Waals surface area contributed by atoms with Crippen molar-refractivity contribution in [1.29, 1.82) is 0 Å². The van der Waals surface area contributed by atoms with E-state index in [9.17, 15) is 0 Å². The summed E-state index contributed by atoms with van der Waals surface area (Å²) in [5.74, 6) is 0. The fraction of sp³-hybridized carbons (Fsp3) is 1.00. The van der Waals surface area contributed by atoms with Crippen LogP contribution in [0.5, 0.6) is 0 Å². The molecule has 3 heteroatoms. The molecule has 0 aromatic heterocycles. The summed E-state index contributed by atoms with van der Waals surface area (Å²) in [4.78, 5) is 2.42. The Hall–Kier alpha value is -0.120. The SMILES string of the molecule is COC1CCCC1NC1CCN(C)CC1. The lowest BCUT2D eigenvalue weighted by Gasteiger charge is -2.33. The topological polar surface area (TPSA) is 24.5 Å². The third kappa shape index (κ3) is 2.92. The van der Waals surface area contributed by atoms with Crippen molar-refractivity contribution in [3.8, 4) is 0 Å². The predicted octanol–water partition coefficient (Wildman–Crippen LogP) is 1.24. The number of likely N-dealkylation sites (tertiary alicyclic amines) is 1. The second-order valence-corrected chi connectivity index (χ2v) is 5.06. The Morgan fingerprint density at radius 3 is 2.53 bits per heavy atom. The summed E-state index contributed by atoms with van der Waals surface area (Å²) in [6.45, 7) is 2.48. The average Bonchev–Trinajstić information content (AvgIpc) is 2.69. The van der Waals surface area contributed by atoms with Gasteiger partial charge in [0.05, 0.1) is 6.10 Å². The van der Waals surface area contributed by atoms with Crippen LogP contribution < -0.4 is 5.32 Å². The highest BCUT2D eigenvalue weighted by atomic mass is 16.5. The van der Waals surface area contributed by atoms with Crippen LogP contribution in [0.25, 0.3) is 0 Å². The van der Waals surface area contributed by atoms with Crippen molar-refractivity contribution >= 4 is 0 Å². The first-order valence-electron chi connectivity index (χ1n) is 6.27. The molecule has 2 rings (SSSR count). The number of nitrogens with zero attached hydrogens (tertiary/aromatic N) is 1. The molecule has 1 N–H and O–H groups in total. The molecule has 0 aromatic rings. The van der Waals surface area contributed by atoms with Gasteiger partial charge in [-0.2, -0.15) is 0 Å². The molecule has 1 saturated heterocycles. The van der Waals surface area contributed by atoms with Gasteiger partial charge < -0.3 is 15.0 Å². The van der Waals surface area contributed by atoms with Gasteiger partial charge in [-0.15, -0.1) is 0 Å². The number of piperidine rings is 1. The number of hydrogen-bond acceptors (Lipinski definition) is 3. The smallest absolute Gasteiger partial charge is 0.0724 e. The molecule has 1 aliphatic carbocycles. The third-order valence-corrected chi connectivity index (χ3v) is 3.92. The van der Waals surface area contributed by atoms with Crippen molar-refractivity contribution in [2.24, 2.45) is 0 Å². The molecule has 0 aromatic carbocycles. The Morgan fingerprint density at radius 1 is 1.13 bits per heavy atom. The van der Waals surface area contributed by atoms with Crippen molar-refractivity contribution in [3.63, 3.8) is 0 Å². The van der Waals surface area contributed by atoms with Crippen molar-refractivity contribution in [3.05, 3.63) is 0 Å². The van der Waals surface area contributed by atoms with Gasteiger partial charge in [-0.1, -0.05) is 0 Å². The highest BCUT2D eigenvalue weighted by Crippen LogP contribution is 2.23. The molecular formula is C12H24N2O. The molecule has 88 valence electrons. The van der Waals surface area contributed by atoms with Crippen LogP contribution in [0.4, 0.5) is 0 Å². The van der Waals surface area contributed by atoms with Gasteiger partial charge in [0.2, 0.25) is 0 Å². The van der Waals surface area contributed by atoms with E-state index in [0.29, 0.717) is 12.1 Å². The molecule has 2 aliphatic rings. The number of rotatable bonds is 3. The van der Waals surface area contributed by atoms with Crippen LogP contribution in [-0.4, -0.2) is 50.3 Å². The minimum absolute atomic E-state index is 0.463. The zero-order valence-corrected chi connectivity index (χ0v) is 10.0. The van der Waals surface area contributed by atoms with Crippen molar-refractivity contribution in [2.75, 3.05) is 27.2 Å². The van der Waals surface area contributed by atoms with Crippen LogP contribution in [0.2, 0.25) is 0 Å². The first kappa shape index (κ1) is 11.4. The van der Waals surface area contributed by atoms with E-state index in [2.05, 4.69) is 17.3 Å².